The van der Waals surface area contributed by atoms with Crippen molar-refractivity contribution in [2.24, 2.45) is 7.05 Å². The molecule has 0 saturated heterocycles. The summed E-state index contributed by atoms with van der Waals surface area (Å²) in [5, 5.41) is 14.4. The van der Waals surface area contributed by atoms with Crippen LogP contribution in [0.1, 0.15) is 5.56 Å². The number of urea groups is 1. The zero-order chi connectivity index (χ0) is 18.7. The Hall–Kier alpha value is -3.00. The Morgan fingerprint density at radius 1 is 1.31 bits per heavy atom. The first-order valence-electron chi connectivity index (χ1n) is 7.73. The van der Waals surface area contributed by atoms with Gasteiger partial charge in [0.2, 0.25) is 0 Å². The molecule has 2 aromatic carbocycles. The van der Waals surface area contributed by atoms with Crippen LogP contribution in [0.3, 0.4) is 0 Å². The van der Waals surface area contributed by atoms with Gasteiger partial charge in [0.25, 0.3) is 0 Å². The lowest BCUT2D eigenvalue weighted by atomic mass is 10.2. The Kier molecular flexibility index (Phi) is 5.13. The summed E-state index contributed by atoms with van der Waals surface area (Å²) in [5.41, 5.74) is 1.60. The van der Waals surface area contributed by atoms with Gasteiger partial charge in [0.05, 0.1) is 6.54 Å². The van der Waals surface area contributed by atoms with Gasteiger partial charge in [0, 0.05) is 35.9 Å². The maximum absolute atomic E-state index is 13.9. The Bertz CT molecular complexity index is 924. The highest BCUT2D eigenvalue weighted by Crippen LogP contribution is 2.22. The maximum Gasteiger partial charge on any atom is 0.321 e. The second kappa shape index (κ2) is 7.49. The van der Waals surface area contributed by atoms with Crippen molar-refractivity contribution in [2.75, 3.05) is 12.4 Å². The van der Waals surface area contributed by atoms with Crippen molar-refractivity contribution in [1.82, 2.24) is 25.1 Å². The molecule has 3 aromatic rings. The SMILES string of the molecule is CN(Cc1c(F)cccc1Cl)C(=O)Nc1cccc(-c2nnnn2C)c1. The van der Waals surface area contributed by atoms with E-state index in [-0.39, 0.29) is 17.1 Å². The number of carbonyl (C=O) groups is 1. The lowest BCUT2D eigenvalue weighted by Crippen LogP contribution is -2.31. The molecule has 0 aliphatic rings. The fourth-order valence-electron chi connectivity index (χ4n) is 2.42. The van der Waals surface area contributed by atoms with E-state index in [1.54, 1.807) is 38.4 Å². The number of tetrazole rings is 1. The van der Waals surface area contributed by atoms with Crippen LogP contribution < -0.4 is 5.32 Å². The molecule has 134 valence electrons. The predicted molar refractivity (Wildman–Crippen MR) is 96.1 cm³/mol. The van der Waals surface area contributed by atoms with E-state index in [9.17, 15) is 9.18 Å². The number of anilines is 1. The highest BCUT2D eigenvalue weighted by molar-refractivity contribution is 6.31. The van der Waals surface area contributed by atoms with Gasteiger partial charge >= 0.3 is 6.03 Å². The Labute approximate surface area is 154 Å². The fourth-order valence-corrected chi connectivity index (χ4v) is 2.64. The first-order valence-corrected chi connectivity index (χ1v) is 8.11. The highest BCUT2D eigenvalue weighted by Gasteiger charge is 2.15. The van der Waals surface area contributed by atoms with E-state index < -0.39 is 11.8 Å². The number of rotatable bonds is 4. The second-order valence-electron chi connectivity index (χ2n) is 5.69. The minimum atomic E-state index is -0.450. The second-order valence-corrected chi connectivity index (χ2v) is 6.10. The average Bonchev–Trinajstić information content (AvgIpc) is 3.04. The number of nitrogens with one attached hydrogen (secondary N) is 1. The molecule has 26 heavy (non-hydrogen) atoms. The molecular formula is C17H16ClFN6O. The minimum absolute atomic E-state index is 0.0459. The van der Waals surface area contributed by atoms with E-state index in [0.29, 0.717) is 11.5 Å². The third-order valence-corrected chi connectivity index (χ3v) is 4.15. The van der Waals surface area contributed by atoms with E-state index >= 15 is 0 Å². The summed E-state index contributed by atoms with van der Waals surface area (Å²) in [6.45, 7) is 0.0459. The fraction of sp³-hybridized carbons (Fsp3) is 0.176. The zero-order valence-corrected chi connectivity index (χ0v) is 14.9. The molecule has 1 heterocycles. The molecule has 0 aliphatic heterocycles. The lowest BCUT2D eigenvalue weighted by Gasteiger charge is -2.19. The zero-order valence-electron chi connectivity index (χ0n) is 14.1. The molecule has 7 nitrogen and oxygen atoms in total. The molecule has 9 heteroatoms. The van der Waals surface area contributed by atoms with Crippen LogP contribution in [0.4, 0.5) is 14.9 Å². The molecule has 0 radical (unpaired) electrons. The summed E-state index contributed by atoms with van der Waals surface area (Å²) >= 11 is 6.01. The van der Waals surface area contributed by atoms with Gasteiger partial charge < -0.3 is 10.2 Å². The number of benzene rings is 2. The van der Waals surface area contributed by atoms with Gasteiger partial charge in [0.15, 0.2) is 5.82 Å². The van der Waals surface area contributed by atoms with E-state index in [0.717, 1.165) is 5.56 Å². The lowest BCUT2D eigenvalue weighted by molar-refractivity contribution is 0.220. The standard InChI is InChI=1S/C17H16ClFN6O/c1-24(10-13-14(18)7-4-8-15(13)19)17(26)20-12-6-3-5-11(9-12)16-21-22-23-25(16)2/h3-9H,10H2,1-2H3,(H,20,26). The molecule has 2 amide bonds. The van der Waals surface area contributed by atoms with Gasteiger partial charge in [-0.3, -0.25) is 0 Å². The highest BCUT2D eigenvalue weighted by atomic mass is 35.5. The largest absolute Gasteiger partial charge is 0.323 e. The van der Waals surface area contributed by atoms with Crippen LogP contribution in [-0.4, -0.2) is 38.2 Å². The monoisotopic (exact) mass is 374 g/mol. The quantitative estimate of drug-likeness (QED) is 0.760. The van der Waals surface area contributed by atoms with Crippen molar-refractivity contribution in [2.45, 2.75) is 6.54 Å². The molecule has 0 atom stereocenters. The summed E-state index contributed by atoms with van der Waals surface area (Å²) in [7, 11) is 3.29. The molecule has 0 fully saturated rings. The van der Waals surface area contributed by atoms with Crippen LogP contribution in [0.5, 0.6) is 0 Å². The van der Waals surface area contributed by atoms with Crippen molar-refractivity contribution in [3.8, 4) is 11.4 Å². The van der Waals surface area contributed by atoms with Gasteiger partial charge in [-0.25, -0.2) is 13.9 Å². The van der Waals surface area contributed by atoms with Gasteiger partial charge in [-0.2, -0.15) is 0 Å². The van der Waals surface area contributed by atoms with E-state index in [1.807, 2.05) is 6.07 Å². The maximum atomic E-state index is 13.9. The topological polar surface area (TPSA) is 75.9 Å². The molecule has 0 unspecified atom stereocenters. The average molecular weight is 375 g/mol. The molecular weight excluding hydrogens is 359 g/mol. The van der Waals surface area contributed by atoms with E-state index in [1.165, 1.54) is 21.7 Å². The summed E-state index contributed by atoms with van der Waals surface area (Å²) in [6, 6.07) is 11.2. The number of halogens is 2. The molecule has 1 N–H and O–H groups in total. The van der Waals surface area contributed by atoms with Crippen LogP contribution in [0.15, 0.2) is 42.5 Å². The number of carbonyl (C=O) groups excluding carboxylic acids is 1. The third-order valence-electron chi connectivity index (χ3n) is 3.80. The van der Waals surface area contributed by atoms with Crippen LogP contribution >= 0.6 is 11.6 Å². The number of nitrogens with zero attached hydrogens (tertiary/aromatic N) is 5. The first-order chi connectivity index (χ1) is 12.5. The van der Waals surface area contributed by atoms with Crippen molar-refractivity contribution in [1.29, 1.82) is 0 Å². The minimum Gasteiger partial charge on any atom is -0.323 e. The van der Waals surface area contributed by atoms with Crippen molar-refractivity contribution in [3.05, 3.63) is 58.9 Å². The molecule has 1 aromatic heterocycles. The van der Waals surface area contributed by atoms with Crippen LogP contribution in [0.25, 0.3) is 11.4 Å². The third kappa shape index (κ3) is 3.80. The Morgan fingerprint density at radius 3 is 2.77 bits per heavy atom. The normalized spacial score (nSPS) is 10.6. The molecule has 0 aliphatic carbocycles. The molecule has 3 rings (SSSR count). The summed E-state index contributed by atoms with van der Waals surface area (Å²) in [6.07, 6.45) is 0. The summed E-state index contributed by atoms with van der Waals surface area (Å²) < 4.78 is 15.4. The molecule has 0 bridgehead atoms. The number of hydrogen-bond acceptors (Lipinski definition) is 4. The first kappa shape index (κ1) is 17.8. The number of aryl methyl sites for hydroxylation is 1. The number of aromatic nitrogens is 4. The number of hydrogen-bond donors (Lipinski definition) is 1. The van der Waals surface area contributed by atoms with Gasteiger partial charge in [-0.15, -0.1) is 5.10 Å². The Balaban J connectivity index is 1.73. The summed E-state index contributed by atoms with van der Waals surface area (Å²) in [5.74, 6) is 0.126. The van der Waals surface area contributed by atoms with Crippen LogP contribution in [-0.2, 0) is 13.6 Å². The van der Waals surface area contributed by atoms with Crippen molar-refractivity contribution < 1.29 is 9.18 Å². The number of amides is 2. The van der Waals surface area contributed by atoms with E-state index in [2.05, 4.69) is 20.8 Å². The summed E-state index contributed by atoms with van der Waals surface area (Å²) in [4.78, 5) is 13.8. The van der Waals surface area contributed by atoms with Gasteiger partial charge in [-0.1, -0.05) is 29.8 Å². The van der Waals surface area contributed by atoms with Gasteiger partial charge in [-0.05, 0) is 34.7 Å². The molecule has 0 spiro atoms. The molecule has 0 saturated carbocycles. The van der Waals surface area contributed by atoms with E-state index in [4.69, 9.17) is 11.6 Å². The smallest absolute Gasteiger partial charge is 0.321 e. The van der Waals surface area contributed by atoms with Gasteiger partial charge in [0.1, 0.15) is 5.82 Å². The Morgan fingerprint density at radius 2 is 2.08 bits per heavy atom. The van der Waals surface area contributed by atoms with Crippen LogP contribution in [0.2, 0.25) is 5.02 Å². The predicted octanol–water partition coefficient (Wildman–Crippen LogP) is 3.33. The van der Waals surface area contributed by atoms with Crippen molar-refractivity contribution in [3.63, 3.8) is 0 Å². The van der Waals surface area contributed by atoms with Crippen LogP contribution in [0, 0.1) is 5.82 Å². The van der Waals surface area contributed by atoms with Crippen molar-refractivity contribution >= 4 is 23.3 Å².